The second-order valence-electron chi connectivity index (χ2n) is 2.49. The highest BCUT2D eigenvalue weighted by Gasteiger charge is 2.11. The standard InChI is InChI=1S/C6H9N3O2S/c1-3(7)2-4-8-9-5(12-4)6(10)11/h3H,2,7H2,1H3,(H,10,11). The van der Waals surface area contributed by atoms with Gasteiger partial charge < -0.3 is 10.8 Å². The molecular formula is C6H9N3O2S. The Labute approximate surface area is 73.2 Å². The minimum absolute atomic E-state index is 0.0143. The van der Waals surface area contributed by atoms with Gasteiger partial charge in [0.25, 0.3) is 0 Å². The van der Waals surface area contributed by atoms with Crippen molar-refractivity contribution < 1.29 is 9.90 Å². The molecule has 0 amide bonds. The third-order valence-corrected chi connectivity index (χ3v) is 2.08. The predicted octanol–water partition coefficient (Wildman–Crippen LogP) is 0.126. The average molecular weight is 187 g/mol. The van der Waals surface area contributed by atoms with Crippen LogP contribution in [0.2, 0.25) is 0 Å². The summed E-state index contributed by atoms with van der Waals surface area (Å²) < 4.78 is 0. The lowest BCUT2D eigenvalue weighted by Crippen LogP contribution is -2.17. The molecule has 0 aromatic carbocycles. The van der Waals surface area contributed by atoms with Gasteiger partial charge in [-0.05, 0) is 6.92 Å². The predicted molar refractivity (Wildman–Crippen MR) is 44.2 cm³/mol. The Bertz CT molecular complexity index is 284. The first-order valence-electron chi connectivity index (χ1n) is 3.41. The molecule has 66 valence electrons. The van der Waals surface area contributed by atoms with Crippen molar-refractivity contribution in [3.05, 3.63) is 10.0 Å². The van der Waals surface area contributed by atoms with Crippen LogP contribution in [0.3, 0.4) is 0 Å². The zero-order chi connectivity index (χ0) is 9.14. The van der Waals surface area contributed by atoms with E-state index in [2.05, 4.69) is 10.2 Å². The molecule has 12 heavy (non-hydrogen) atoms. The van der Waals surface area contributed by atoms with Gasteiger partial charge in [-0.3, -0.25) is 0 Å². The Morgan fingerprint density at radius 1 is 1.75 bits per heavy atom. The highest BCUT2D eigenvalue weighted by atomic mass is 32.1. The Balaban J connectivity index is 2.71. The number of hydrogen-bond acceptors (Lipinski definition) is 5. The van der Waals surface area contributed by atoms with E-state index < -0.39 is 5.97 Å². The van der Waals surface area contributed by atoms with Gasteiger partial charge in [-0.25, -0.2) is 4.79 Å². The molecule has 0 fully saturated rings. The zero-order valence-electron chi connectivity index (χ0n) is 6.52. The molecule has 0 saturated carbocycles. The van der Waals surface area contributed by atoms with Crippen LogP contribution in [0, 0.1) is 0 Å². The van der Waals surface area contributed by atoms with E-state index >= 15 is 0 Å². The Morgan fingerprint density at radius 2 is 2.42 bits per heavy atom. The first-order chi connectivity index (χ1) is 5.59. The van der Waals surface area contributed by atoms with Crippen molar-refractivity contribution in [2.45, 2.75) is 19.4 Å². The van der Waals surface area contributed by atoms with E-state index in [9.17, 15) is 4.79 Å². The Morgan fingerprint density at radius 3 is 2.83 bits per heavy atom. The SMILES string of the molecule is CC(N)Cc1nnc(C(=O)O)s1. The van der Waals surface area contributed by atoms with Crippen LogP contribution < -0.4 is 5.73 Å². The van der Waals surface area contributed by atoms with E-state index in [-0.39, 0.29) is 11.0 Å². The minimum atomic E-state index is -1.04. The quantitative estimate of drug-likeness (QED) is 0.701. The number of carboxylic acids is 1. The maximum absolute atomic E-state index is 10.4. The number of aromatic carboxylic acids is 1. The summed E-state index contributed by atoms with van der Waals surface area (Å²) >= 11 is 1.07. The largest absolute Gasteiger partial charge is 0.476 e. The number of hydrogen-bond donors (Lipinski definition) is 2. The molecule has 1 aromatic heterocycles. The van der Waals surface area contributed by atoms with E-state index in [1.165, 1.54) is 0 Å². The first kappa shape index (κ1) is 9.08. The number of nitrogens with zero attached hydrogens (tertiary/aromatic N) is 2. The van der Waals surface area contributed by atoms with Crippen LogP contribution >= 0.6 is 11.3 Å². The molecule has 0 saturated heterocycles. The molecule has 1 unspecified atom stereocenters. The summed E-state index contributed by atoms with van der Waals surface area (Å²) in [6, 6.07) is -0.0143. The lowest BCUT2D eigenvalue weighted by atomic mass is 10.3. The van der Waals surface area contributed by atoms with Crippen molar-refractivity contribution in [3.63, 3.8) is 0 Å². The van der Waals surface area contributed by atoms with Gasteiger partial charge in [-0.1, -0.05) is 11.3 Å². The minimum Gasteiger partial charge on any atom is -0.476 e. The summed E-state index contributed by atoms with van der Waals surface area (Å²) in [7, 11) is 0. The topological polar surface area (TPSA) is 89.1 Å². The number of carboxylic acid groups (broad SMARTS) is 1. The molecule has 0 radical (unpaired) electrons. The molecule has 1 aromatic rings. The van der Waals surface area contributed by atoms with Crippen LogP contribution in [-0.4, -0.2) is 27.3 Å². The van der Waals surface area contributed by atoms with E-state index in [1.54, 1.807) is 0 Å². The second kappa shape index (κ2) is 3.59. The van der Waals surface area contributed by atoms with Crippen molar-refractivity contribution >= 4 is 17.3 Å². The smallest absolute Gasteiger partial charge is 0.367 e. The van der Waals surface area contributed by atoms with Gasteiger partial charge in [0, 0.05) is 12.5 Å². The Hall–Kier alpha value is -1.01. The van der Waals surface area contributed by atoms with Gasteiger partial charge in [0.15, 0.2) is 0 Å². The highest BCUT2D eigenvalue weighted by Crippen LogP contribution is 2.10. The molecule has 1 heterocycles. The molecule has 1 rings (SSSR count). The second-order valence-corrected chi connectivity index (χ2v) is 3.55. The van der Waals surface area contributed by atoms with Crippen molar-refractivity contribution in [2.75, 3.05) is 0 Å². The molecule has 0 aliphatic carbocycles. The first-order valence-corrected chi connectivity index (χ1v) is 4.22. The molecule has 0 aliphatic heterocycles. The molecule has 0 bridgehead atoms. The van der Waals surface area contributed by atoms with E-state index in [1.807, 2.05) is 6.92 Å². The van der Waals surface area contributed by atoms with Crippen molar-refractivity contribution in [1.82, 2.24) is 10.2 Å². The normalized spacial score (nSPS) is 12.8. The van der Waals surface area contributed by atoms with Gasteiger partial charge in [-0.15, -0.1) is 10.2 Å². The fourth-order valence-electron chi connectivity index (χ4n) is 0.698. The van der Waals surface area contributed by atoms with Gasteiger partial charge in [0.1, 0.15) is 5.01 Å². The third kappa shape index (κ3) is 2.24. The summed E-state index contributed by atoms with van der Waals surface area (Å²) in [4.78, 5) is 10.4. The lowest BCUT2D eigenvalue weighted by Gasteiger charge is -1.97. The van der Waals surface area contributed by atoms with Gasteiger partial charge in [-0.2, -0.15) is 0 Å². The maximum Gasteiger partial charge on any atom is 0.367 e. The highest BCUT2D eigenvalue weighted by molar-refractivity contribution is 7.13. The number of rotatable bonds is 3. The Kier molecular flexibility index (Phi) is 2.72. The molecule has 1 atom stereocenters. The molecule has 5 nitrogen and oxygen atoms in total. The maximum atomic E-state index is 10.4. The van der Waals surface area contributed by atoms with Crippen molar-refractivity contribution in [2.24, 2.45) is 5.73 Å². The van der Waals surface area contributed by atoms with Crippen LogP contribution in [0.5, 0.6) is 0 Å². The molecule has 0 aliphatic rings. The third-order valence-electron chi connectivity index (χ3n) is 1.15. The number of aromatic nitrogens is 2. The van der Waals surface area contributed by atoms with E-state index in [4.69, 9.17) is 10.8 Å². The van der Waals surface area contributed by atoms with Crippen molar-refractivity contribution in [3.8, 4) is 0 Å². The average Bonchev–Trinajstić information content (AvgIpc) is 2.34. The van der Waals surface area contributed by atoms with Crippen LogP contribution in [0.15, 0.2) is 0 Å². The number of carbonyl (C=O) groups is 1. The van der Waals surface area contributed by atoms with Crippen LogP contribution in [0.1, 0.15) is 21.7 Å². The van der Waals surface area contributed by atoms with Crippen LogP contribution in [0.25, 0.3) is 0 Å². The monoisotopic (exact) mass is 187 g/mol. The van der Waals surface area contributed by atoms with Gasteiger partial charge in [0.2, 0.25) is 5.01 Å². The van der Waals surface area contributed by atoms with Gasteiger partial charge >= 0.3 is 5.97 Å². The summed E-state index contributed by atoms with van der Waals surface area (Å²) in [5.74, 6) is -1.04. The van der Waals surface area contributed by atoms with Gasteiger partial charge in [0.05, 0.1) is 0 Å². The molecule has 6 heteroatoms. The van der Waals surface area contributed by atoms with Crippen molar-refractivity contribution in [1.29, 1.82) is 0 Å². The number of nitrogens with two attached hydrogens (primary N) is 1. The van der Waals surface area contributed by atoms with Crippen LogP contribution in [0.4, 0.5) is 0 Å². The molecule has 3 N–H and O–H groups in total. The summed E-state index contributed by atoms with van der Waals surface area (Å²) in [6.45, 7) is 1.84. The fourth-order valence-corrected chi connectivity index (χ4v) is 1.52. The summed E-state index contributed by atoms with van der Waals surface area (Å²) in [5.41, 5.74) is 5.50. The summed E-state index contributed by atoms with van der Waals surface area (Å²) in [6.07, 6.45) is 0.574. The van der Waals surface area contributed by atoms with E-state index in [0.29, 0.717) is 11.4 Å². The fraction of sp³-hybridized carbons (Fsp3) is 0.500. The lowest BCUT2D eigenvalue weighted by molar-refractivity contribution is 0.0695. The molecule has 0 spiro atoms. The van der Waals surface area contributed by atoms with E-state index in [0.717, 1.165) is 11.3 Å². The zero-order valence-corrected chi connectivity index (χ0v) is 7.34. The van der Waals surface area contributed by atoms with Crippen LogP contribution in [-0.2, 0) is 6.42 Å². The molecular weight excluding hydrogens is 178 g/mol. The summed E-state index contributed by atoms with van der Waals surface area (Å²) in [5, 5.41) is 16.4.